The molecule has 1 amide bonds. The molecule has 0 aliphatic heterocycles. The standard InChI is InChI=1S/C15H14N4O4S2/c1-9-5-6-10(8-11(9)19-25(2,21)22)13(20)16-15-18-17-14(24-15)12-4-3-7-23-12/h3-8,19H,1-2H3,(H,16,18,20). The van der Waals surface area contributed by atoms with Crippen LogP contribution in [-0.4, -0.2) is 30.8 Å². The summed E-state index contributed by atoms with van der Waals surface area (Å²) >= 11 is 1.17. The van der Waals surface area contributed by atoms with Gasteiger partial charge in [0.1, 0.15) is 0 Å². The van der Waals surface area contributed by atoms with Crippen LogP contribution in [0.1, 0.15) is 15.9 Å². The van der Waals surface area contributed by atoms with Crippen LogP contribution < -0.4 is 10.0 Å². The van der Waals surface area contributed by atoms with Crippen LogP contribution in [0.5, 0.6) is 0 Å². The molecule has 2 aromatic heterocycles. The number of nitrogens with one attached hydrogen (secondary N) is 2. The first-order valence-corrected chi connectivity index (χ1v) is 9.80. The molecule has 1 aromatic carbocycles. The van der Waals surface area contributed by atoms with Gasteiger partial charge in [0.15, 0.2) is 10.8 Å². The molecule has 3 rings (SSSR count). The number of benzene rings is 1. The van der Waals surface area contributed by atoms with Gasteiger partial charge in [-0.3, -0.25) is 14.8 Å². The molecule has 0 radical (unpaired) electrons. The fraction of sp³-hybridized carbons (Fsp3) is 0.133. The van der Waals surface area contributed by atoms with Crippen LogP contribution in [0.15, 0.2) is 41.0 Å². The summed E-state index contributed by atoms with van der Waals surface area (Å²) in [7, 11) is -3.44. The number of hydrogen-bond donors (Lipinski definition) is 2. The zero-order valence-electron chi connectivity index (χ0n) is 13.3. The van der Waals surface area contributed by atoms with E-state index in [1.54, 1.807) is 31.2 Å². The first-order chi connectivity index (χ1) is 11.8. The van der Waals surface area contributed by atoms with Crippen molar-refractivity contribution >= 4 is 38.1 Å². The minimum absolute atomic E-state index is 0.298. The Bertz CT molecular complexity index is 1010. The molecule has 0 atom stereocenters. The van der Waals surface area contributed by atoms with Crippen LogP contribution in [0.4, 0.5) is 10.8 Å². The van der Waals surface area contributed by atoms with Crippen LogP contribution in [0.3, 0.4) is 0 Å². The van der Waals surface area contributed by atoms with E-state index in [1.807, 2.05) is 0 Å². The SMILES string of the molecule is Cc1ccc(C(=O)Nc2nnc(-c3ccco3)s2)cc1NS(C)(=O)=O. The number of anilines is 2. The number of amides is 1. The first kappa shape index (κ1) is 17.1. The van der Waals surface area contributed by atoms with Gasteiger partial charge in [0.05, 0.1) is 18.2 Å². The van der Waals surface area contributed by atoms with Crippen molar-refractivity contribution in [2.45, 2.75) is 6.92 Å². The minimum atomic E-state index is -3.44. The quantitative estimate of drug-likeness (QED) is 0.705. The van der Waals surface area contributed by atoms with E-state index in [2.05, 4.69) is 20.2 Å². The van der Waals surface area contributed by atoms with E-state index < -0.39 is 15.9 Å². The van der Waals surface area contributed by atoms with Gasteiger partial charge in [-0.2, -0.15) is 0 Å². The molecule has 3 aromatic rings. The molecule has 0 saturated heterocycles. The van der Waals surface area contributed by atoms with Crippen molar-refractivity contribution in [2.24, 2.45) is 0 Å². The summed E-state index contributed by atoms with van der Waals surface area (Å²) in [5.41, 5.74) is 1.35. The van der Waals surface area contributed by atoms with Crippen molar-refractivity contribution in [2.75, 3.05) is 16.3 Å². The van der Waals surface area contributed by atoms with E-state index >= 15 is 0 Å². The van der Waals surface area contributed by atoms with Gasteiger partial charge >= 0.3 is 0 Å². The van der Waals surface area contributed by atoms with Crippen molar-refractivity contribution in [3.05, 3.63) is 47.7 Å². The zero-order chi connectivity index (χ0) is 18.0. The van der Waals surface area contributed by atoms with Gasteiger partial charge in [-0.05, 0) is 36.8 Å². The average molecular weight is 378 g/mol. The molecule has 10 heteroatoms. The highest BCUT2D eigenvalue weighted by molar-refractivity contribution is 7.92. The van der Waals surface area contributed by atoms with Gasteiger partial charge in [-0.25, -0.2) is 8.42 Å². The van der Waals surface area contributed by atoms with Crippen molar-refractivity contribution in [1.82, 2.24) is 10.2 Å². The van der Waals surface area contributed by atoms with Gasteiger partial charge in [0.25, 0.3) is 5.91 Å². The largest absolute Gasteiger partial charge is 0.462 e. The Morgan fingerprint density at radius 2 is 2.04 bits per heavy atom. The third kappa shape index (κ3) is 4.22. The van der Waals surface area contributed by atoms with Crippen LogP contribution in [0.25, 0.3) is 10.8 Å². The van der Waals surface area contributed by atoms with Crippen molar-refractivity contribution in [1.29, 1.82) is 0 Å². The summed E-state index contributed by atoms with van der Waals surface area (Å²) in [4.78, 5) is 12.4. The molecular weight excluding hydrogens is 364 g/mol. The molecule has 2 heterocycles. The Morgan fingerprint density at radius 3 is 2.72 bits per heavy atom. The zero-order valence-corrected chi connectivity index (χ0v) is 14.9. The van der Waals surface area contributed by atoms with Gasteiger partial charge in [0.2, 0.25) is 15.2 Å². The topological polar surface area (TPSA) is 114 Å². The summed E-state index contributed by atoms with van der Waals surface area (Å²) in [6, 6.07) is 8.22. The Hall–Kier alpha value is -2.72. The molecule has 0 spiro atoms. The first-order valence-electron chi connectivity index (χ1n) is 7.09. The third-order valence-corrected chi connectivity index (χ3v) is 4.62. The van der Waals surface area contributed by atoms with Gasteiger partial charge in [0, 0.05) is 5.56 Å². The van der Waals surface area contributed by atoms with E-state index in [0.29, 0.717) is 32.7 Å². The molecule has 0 fully saturated rings. The average Bonchev–Trinajstić information content (AvgIpc) is 3.18. The van der Waals surface area contributed by atoms with Gasteiger partial charge < -0.3 is 4.42 Å². The van der Waals surface area contributed by atoms with E-state index in [9.17, 15) is 13.2 Å². The lowest BCUT2D eigenvalue weighted by atomic mass is 10.1. The maximum atomic E-state index is 12.4. The van der Waals surface area contributed by atoms with Crippen LogP contribution in [0, 0.1) is 6.92 Å². The minimum Gasteiger partial charge on any atom is -0.462 e. The second-order valence-corrected chi connectivity index (χ2v) is 7.97. The molecule has 25 heavy (non-hydrogen) atoms. The summed E-state index contributed by atoms with van der Waals surface area (Å²) in [5, 5.41) is 11.4. The number of nitrogens with zero attached hydrogens (tertiary/aromatic N) is 2. The summed E-state index contributed by atoms with van der Waals surface area (Å²) in [5.74, 6) is 0.145. The molecule has 2 N–H and O–H groups in total. The number of hydrogen-bond acceptors (Lipinski definition) is 7. The summed E-state index contributed by atoms with van der Waals surface area (Å²) < 4.78 is 30.4. The monoisotopic (exact) mass is 378 g/mol. The van der Waals surface area contributed by atoms with Crippen LogP contribution in [0.2, 0.25) is 0 Å². The number of aromatic nitrogens is 2. The summed E-state index contributed by atoms with van der Waals surface area (Å²) in [6.45, 7) is 1.75. The fourth-order valence-corrected chi connectivity index (χ4v) is 3.34. The lowest BCUT2D eigenvalue weighted by Crippen LogP contribution is -2.14. The number of sulfonamides is 1. The van der Waals surface area contributed by atoms with Crippen LogP contribution >= 0.6 is 11.3 Å². The van der Waals surface area contributed by atoms with Gasteiger partial charge in [-0.15, -0.1) is 10.2 Å². The molecule has 0 bridgehead atoms. The molecule has 0 saturated carbocycles. The molecule has 0 aliphatic rings. The number of aryl methyl sites for hydroxylation is 1. The number of furan rings is 1. The lowest BCUT2D eigenvalue weighted by Gasteiger charge is -2.09. The molecule has 0 unspecified atom stereocenters. The maximum absolute atomic E-state index is 12.4. The fourth-order valence-electron chi connectivity index (χ4n) is 2.02. The Morgan fingerprint density at radius 1 is 1.24 bits per heavy atom. The Kier molecular flexibility index (Phi) is 4.55. The molecule has 8 nitrogen and oxygen atoms in total. The second-order valence-electron chi connectivity index (χ2n) is 5.25. The van der Waals surface area contributed by atoms with Crippen molar-refractivity contribution in [3.8, 4) is 10.8 Å². The Balaban J connectivity index is 1.78. The highest BCUT2D eigenvalue weighted by atomic mass is 32.2. The smallest absolute Gasteiger partial charge is 0.257 e. The van der Waals surface area contributed by atoms with E-state index in [4.69, 9.17) is 4.42 Å². The predicted molar refractivity (Wildman–Crippen MR) is 95.2 cm³/mol. The Labute approximate surface area is 148 Å². The highest BCUT2D eigenvalue weighted by Crippen LogP contribution is 2.27. The lowest BCUT2D eigenvalue weighted by molar-refractivity contribution is 0.102. The van der Waals surface area contributed by atoms with E-state index in [-0.39, 0.29) is 0 Å². The molecule has 130 valence electrons. The van der Waals surface area contributed by atoms with Crippen LogP contribution in [-0.2, 0) is 10.0 Å². The second kappa shape index (κ2) is 6.65. The molecule has 0 aliphatic carbocycles. The highest BCUT2D eigenvalue weighted by Gasteiger charge is 2.14. The molecular formula is C15H14N4O4S2. The number of rotatable bonds is 5. The number of carbonyl (C=O) groups is 1. The third-order valence-electron chi connectivity index (χ3n) is 3.17. The number of carbonyl (C=O) groups excluding carboxylic acids is 1. The van der Waals surface area contributed by atoms with E-state index in [0.717, 1.165) is 6.26 Å². The van der Waals surface area contributed by atoms with E-state index in [1.165, 1.54) is 23.7 Å². The van der Waals surface area contributed by atoms with Crippen molar-refractivity contribution < 1.29 is 17.6 Å². The maximum Gasteiger partial charge on any atom is 0.257 e. The van der Waals surface area contributed by atoms with Gasteiger partial charge in [-0.1, -0.05) is 17.4 Å². The predicted octanol–water partition coefficient (Wildman–Crippen LogP) is 2.73. The van der Waals surface area contributed by atoms with Crippen molar-refractivity contribution in [3.63, 3.8) is 0 Å². The normalized spacial score (nSPS) is 11.3. The summed E-state index contributed by atoms with van der Waals surface area (Å²) in [6.07, 6.45) is 2.58.